The van der Waals surface area contributed by atoms with E-state index in [-0.39, 0.29) is 18.6 Å². The standard InChI is InChI=1S/C13H15N7O3S/c1-6(21)3-20-17-8(16-18-20)4-19-5-15-12-9(13(19)23)7(2)10(24-12)11(14)22/h5-6,21H,3-4H2,1-2H3,(H2,14,22)/t6-/m1/s1. The smallest absolute Gasteiger partial charge is 0.262 e. The van der Waals surface area contributed by atoms with Crippen molar-refractivity contribution in [2.45, 2.75) is 33.0 Å². The van der Waals surface area contributed by atoms with Crippen molar-refractivity contribution in [3.8, 4) is 0 Å². The molecule has 0 aliphatic carbocycles. The first-order chi connectivity index (χ1) is 11.4. The van der Waals surface area contributed by atoms with Gasteiger partial charge in [0.05, 0.1) is 35.8 Å². The number of thiophene rings is 1. The van der Waals surface area contributed by atoms with Crippen molar-refractivity contribution in [2.24, 2.45) is 5.73 Å². The molecule has 0 aliphatic heterocycles. The fourth-order valence-corrected chi connectivity index (χ4v) is 3.30. The van der Waals surface area contributed by atoms with E-state index in [1.54, 1.807) is 13.8 Å². The molecule has 3 aromatic rings. The second-order valence-electron chi connectivity index (χ2n) is 5.39. The summed E-state index contributed by atoms with van der Waals surface area (Å²) in [4.78, 5) is 30.3. The summed E-state index contributed by atoms with van der Waals surface area (Å²) in [5.41, 5.74) is 5.55. The molecular weight excluding hydrogens is 334 g/mol. The molecular formula is C13H15N7O3S. The van der Waals surface area contributed by atoms with Crippen LogP contribution in [0.15, 0.2) is 11.1 Å². The van der Waals surface area contributed by atoms with Crippen LogP contribution >= 0.6 is 11.3 Å². The monoisotopic (exact) mass is 349 g/mol. The van der Waals surface area contributed by atoms with Crippen LogP contribution < -0.4 is 11.3 Å². The van der Waals surface area contributed by atoms with Crippen LogP contribution in [-0.2, 0) is 13.1 Å². The number of amides is 1. The van der Waals surface area contributed by atoms with Crippen LogP contribution in [0.2, 0.25) is 0 Å². The molecule has 3 N–H and O–H groups in total. The molecule has 3 aromatic heterocycles. The first-order valence-corrected chi connectivity index (χ1v) is 7.91. The number of rotatable bonds is 5. The Hall–Kier alpha value is -2.66. The van der Waals surface area contributed by atoms with Crippen molar-refractivity contribution in [1.82, 2.24) is 29.8 Å². The van der Waals surface area contributed by atoms with Crippen molar-refractivity contribution in [1.29, 1.82) is 0 Å². The van der Waals surface area contributed by atoms with Crippen LogP contribution in [0.25, 0.3) is 10.2 Å². The quantitative estimate of drug-likeness (QED) is 0.619. The lowest BCUT2D eigenvalue weighted by Gasteiger charge is -2.02. The van der Waals surface area contributed by atoms with Crippen LogP contribution in [0, 0.1) is 6.92 Å². The molecule has 0 saturated heterocycles. The molecule has 1 amide bonds. The number of aliphatic hydroxyl groups excluding tert-OH is 1. The molecule has 0 spiro atoms. The molecule has 126 valence electrons. The van der Waals surface area contributed by atoms with Gasteiger partial charge in [0.1, 0.15) is 4.83 Å². The van der Waals surface area contributed by atoms with E-state index in [1.165, 1.54) is 15.7 Å². The zero-order valence-electron chi connectivity index (χ0n) is 13.0. The Bertz CT molecular complexity index is 972. The largest absolute Gasteiger partial charge is 0.391 e. The van der Waals surface area contributed by atoms with Gasteiger partial charge in [0.25, 0.3) is 11.5 Å². The number of aryl methyl sites for hydroxylation is 1. The summed E-state index contributed by atoms with van der Waals surface area (Å²) < 4.78 is 1.34. The van der Waals surface area contributed by atoms with Gasteiger partial charge >= 0.3 is 0 Å². The Labute approximate surface area is 139 Å². The molecule has 0 unspecified atom stereocenters. The van der Waals surface area contributed by atoms with Crippen LogP contribution in [0.4, 0.5) is 0 Å². The minimum Gasteiger partial charge on any atom is -0.391 e. The number of aromatic nitrogens is 6. The van der Waals surface area contributed by atoms with E-state index in [0.717, 1.165) is 11.3 Å². The number of fused-ring (bicyclic) bond motifs is 1. The van der Waals surface area contributed by atoms with Gasteiger partial charge in [-0.05, 0) is 24.6 Å². The van der Waals surface area contributed by atoms with Gasteiger partial charge in [0.2, 0.25) is 0 Å². The van der Waals surface area contributed by atoms with Gasteiger partial charge < -0.3 is 10.8 Å². The van der Waals surface area contributed by atoms with Crippen LogP contribution in [-0.4, -0.2) is 46.9 Å². The molecule has 0 fully saturated rings. The summed E-state index contributed by atoms with van der Waals surface area (Å²) in [5.74, 6) is -0.258. The van der Waals surface area contributed by atoms with E-state index in [9.17, 15) is 14.7 Å². The molecule has 24 heavy (non-hydrogen) atoms. The first kappa shape index (κ1) is 16.2. The normalized spacial score (nSPS) is 12.6. The maximum atomic E-state index is 12.6. The Balaban J connectivity index is 1.97. The maximum Gasteiger partial charge on any atom is 0.262 e. The third-order valence-electron chi connectivity index (χ3n) is 3.37. The van der Waals surface area contributed by atoms with Gasteiger partial charge in [-0.2, -0.15) is 4.80 Å². The molecule has 0 aliphatic rings. The summed E-state index contributed by atoms with van der Waals surface area (Å²) in [6.07, 6.45) is 0.772. The Kier molecular flexibility index (Phi) is 4.11. The first-order valence-electron chi connectivity index (χ1n) is 7.10. The van der Waals surface area contributed by atoms with Gasteiger partial charge in [-0.15, -0.1) is 21.5 Å². The second kappa shape index (κ2) is 6.09. The highest BCUT2D eigenvalue weighted by Gasteiger charge is 2.18. The predicted octanol–water partition coefficient (Wildman–Crippen LogP) is -0.719. The fraction of sp³-hybridized carbons (Fsp3) is 0.385. The number of tetrazole rings is 1. The molecule has 0 saturated carbocycles. The third-order valence-corrected chi connectivity index (χ3v) is 4.59. The van der Waals surface area contributed by atoms with Crippen LogP contribution in [0.1, 0.15) is 28.0 Å². The highest BCUT2D eigenvalue weighted by molar-refractivity contribution is 7.20. The van der Waals surface area contributed by atoms with E-state index in [1.807, 2.05) is 0 Å². The fourth-order valence-electron chi connectivity index (χ4n) is 2.31. The summed E-state index contributed by atoms with van der Waals surface area (Å²) >= 11 is 1.10. The number of nitrogens with two attached hydrogens (primary N) is 1. The molecule has 0 radical (unpaired) electrons. The van der Waals surface area contributed by atoms with E-state index >= 15 is 0 Å². The minimum absolute atomic E-state index is 0.0861. The lowest BCUT2D eigenvalue weighted by Crippen LogP contribution is -2.22. The van der Waals surface area contributed by atoms with Gasteiger partial charge in [-0.3, -0.25) is 14.2 Å². The topological polar surface area (TPSA) is 142 Å². The Morgan fingerprint density at radius 1 is 1.50 bits per heavy atom. The number of hydrogen-bond acceptors (Lipinski definition) is 8. The molecule has 0 bridgehead atoms. The number of nitrogens with zero attached hydrogens (tertiary/aromatic N) is 6. The van der Waals surface area contributed by atoms with Gasteiger partial charge in [0.15, 0.2) is 5.82 Å². The number of hydrogen-bond donors (Lipinski definition) is 2. The van der Waals surface area contributed by atoms with Crippen molar-refractivity contribution in [3.63, 3.8) is 0 Å². The molecule has 3 rings (SSSR count). The molecule has 10 nitrogen and oxygen atoms in total. The van der Waals surface area contributed by atoms with Crippen molar-refractivity contribution < 1.29 is 9.90 Å². The average Bonchev–Trinajstić information content (AvgIpc) is 3.06. The summed E-state index contributed by atoms with van der Waals surface area (Å²) in [6.45, 7) is 3.58. The van der Waals surface area contributed by atoms with Gasteiger partial charge in [-0.1, -0.05) is 0 Å². The summed E-state index contributed by atoms with van der Waals surface area (Å²) in [5, 5.41) is 21.4. The van der Waals surface area contributed by atoms with Gasteiger partial charge in [0, 0.05) is 0 Å². The zero-order chi connectivity index (χ0) is 17.4. The summed E-state index contributed by atoms with van der Waals surface area (Å²) in [7, 11) is 0. The molecule has 11 heteroatoms. The van der Waals surface area contributed by atoms with Crippen molar-refractivity contribution >= 4 is 27.5 Å². The number of carbonyl (C=O) groups is 1. The SMILES string of the molecule is Cc1c(C(N)=O)sc2ncn(Cc3nnn(C[C@@H](C)O)n3)c(=O)c12. The molecule has 1 atom stereocenters. The lowest BCUT2D eigenvalue weighted by molar-refractivity contribution is 0.100. The zero-order valence-corrected chi connectivity index (χ0v) is 13.8. The summed E-state index contributed by atoms with van der Waals surface area (Å²) in [6, 6.07) is 0. The predicted molar refractivity (Wildman–Crippen MR) is 85.7 cm³/mol. The van der Waals surface area contributed by atoms with Gasteiger partial charge in [-0.25, -0.2) is 4.98 Å². The van der Waals surface area contributed by atoms with E-state index in [0.29, 0.717) is 26.5 Å². The van der Waals surface area contributed by atoms with E-state index in [4.69, 9.17) is 5.73 Å². The highest BCUT2D eigenvalue weighted by Crippen LogP contribution is 2.26. The van der Waals surface area contributed by atoms with Crippen LogP contribution in [0.5, 0.6) is 0 Å². The second-order valence-corrected chi connectivity index (χ2v) is 6.39. The lowest BCUT2D eigenvalue weighted by atomic mass is 10.2. The number of carbonyl (C=O) groups excluding carboxylic acids is 1. The van der Waals surface area contributed by atoms with E-state index in [2.05, 4.69) is 20.4 Å². The third kappa shape index (κ3) is 2.90. The molecule has 3 heterocycles. The maximum absolute atomic E-state index is 12.6. The van der Waals surface area contributed by atoms with Crippen LogP contribution in [0.3, 0.4) is 0 Å². The number of aliphatic hydroxyl groups is 1. The van der Waals surface area contributed by atoms with E-state index < -0.39 is 12.0 Å². The minimum atomic E-state index is -0.603. The Morgan fingerprint density at radius 3 is 2.92 bits per heavy atom. The van der Waals surface area contributed by atoms with Crippen molar-refractivity contribution in [2.75, 3.05) is 0 Å². The van der Waals surface area contributed by atoms with Crippen molar-refractivity contribution in [3.05, 3.63) is 32.9 Å². The molecule has 0 aromatic carbocycles. The highest BCUT2D eigenvalue weighted by atomic mass is 32.1. The average molecular weight is 349 g/mol. The number of primary amides is 1. The Morgan fingerprint density at radius 2 is 2.25 bits per heavy atom.